The molecule has 0 aliphatic carbocycles. The first-order valence-electron chi connectivity index (χ1n) is 7.56. The molecule has 0 saturated carbocycles. The van der Waals surface area contributed by atoms with Gasteiger partial charge >= 0.3 is 0 Å². The van der Waals surface area contributed by atoms with Crippen molar-refractivity contribution in [1.82, 2.24) is 0 Å². The van der Waals surface area contributed by atoms with Crippen molar-refractivity contribution >= 4 is 11.4 Å². The van der Waals surface area contributed by atoms with Crippen LogP contribution in [0.1, 0.15) is 52.9 Å². The molecule has 0 fully saturated rings. The van der Waals surface area contributed by atoms with Crippen molar-refractivity contribution in [2.24, 2.45) is 0 Å². The van der Waals surface area contributed by atoms with Crippen molar-refractivity contribution in [3.8, 4) is 5.75 Å². The van der Waals surface area contributed by atoms with Gasteiger partial charge in [0.2, 0.25) is 0 Å². The predicted molar refractivity (Wildman–Crippen MR) is 83.8 cm³/mol. The highest BCUT2D eigenvalue weighted by molar-refractivity contribution is 5.68. The maximum absolute atomic E-state index is 13.6. The van der Waals surface area contributed by atoms with Crippen LogP contribution >= 0.6 is 0 Å². The Balaban J connectivity index is 2.59. The standard InChI is InChI=1S/C16H27FN2O/c1-4-6-7-8-9-12(3)19-15-11-16(20-5-2)13(17)10-14(15)18/h10-12,19H,4-9,18H2,1-3H3. The number of halogens is 1. The Morgan fingerprint density at radius 1 is 1.25 bits per heavy atom. The molecule has 1 aromatic rings. The van der Waals surface area contributed by atoms with Crippen LogP contribution in [-0.2, 0) is 0 Å². The normalized spacial score (nSPS) is 12.2. The maximum Gasteiger partial charge on any atom is 0.167 e. The van der Waals surface area contributed by atoms with Gasteiger partial charge in [0.05, 0.1) is 18.0 Å². The molecule has 0 aliphatic rings. The van der Waals surface area contributed by atoms with E-state index < -0.39 is 5.82 Å². The third-order valence-corrected chi connectivity index (χ3v) is 3.30. The van der Waals surface area contributed by atoms with Crippen molar-refractivity contribution in [2.75, 3.05) is 17.7 Å². The first-order chi connectivity index (χ1) is 9.58. The highest BCUT2D eigenvalue weighted by Crippen LogP contribution is 2.29. The van der Waals surface area contributed by atoms with Gasteiger partial charge in [0.25, 0.3) is 0 Å². The molecule has 114 valence electrons. The quantitative estimate of drug-likeness (QED) is 0.515. The smallest absolute Gasteiger partial charge is 0.167 e. The van der Waals surface area contributed by atoms with Crippen molar-refractivity contribution in [1.29, 1.82) is 0 Å². The summed E-state index contributed by atoms with van der Waals surface area (Å²) >= 11 is 0. The lowest BCUT2D eigenvalue weighted by atomic mass is 10.1. The van der Waals surface area contributed by atoms with Crippen molar-refractivity contribution < 1.29 is 9.13 Å². The molecule has 0 bridgehead atoms. The first kappa shape index (κ1) is 16.6. The summed E-state index contributed by atoms with van der Waals surface area (Å²) in [6.45, 7) is 6.59. The summed E-state index contributed by atoms with van der Waals surface area (Å²) < 4.78 is 18.9. The molecule has 20 heavy (non-hydrogen) atoms. The lowest BCUT2D eigenvalue weighted by Crippen LogP contribution is -2.16. The van der Waals surface area contributed by atoms with E-state index in [0.29, 0.717) is 18.3 Å². The van der Waals surface area contributed by atoms with E-state index in [0.717, 1.165) is 12.1 Å². The largest absolute Gasteiger partial charge is 0.491 e. The van der Waals surface area contributed by atoms with E-state index in [-0.39, 0.29) is 5.75 Å². The monoisotopic (exact) mass is 282 g/mol. The van der Waals surface area contributed by atoms with E-state index in [1.807, 2.05) is 6.92 Å². The van der Waals surface area contributed by atoms with Crippen LogP contribution in [0.2, 0.25) is 0 Å². The van der Waals surface area contributed by atoms with E-state index in [1.54, 1.807) is 6.07 Å². The molecule has 0 saturated heterocycles. The van der Waals surface area contributed by atoms with Crippen LogP contribution in [0.25, 0.3) is 0 Å². The Morgan fingerprint density at radius 3 is 2.65 bits per heavy atom. The second-order valence-electron chi connectivity index (χ2n) is 5.20. The van der Waals surface area contributed by atoms with Gasteiger partial charge in [-0.3, -0.25) is 0 Å². The lowest BCUT2D eigenvalue weighted by Gasteiger charge is -2.18. The highest BCUT2D eigenvalue weighted by atomic mass is 19.1. The Kier molecular flexibility index (Phi) is 7.20. The Bertz CT molecular complexity index is 410. The molecule has 0 aliphatic heterocycles. The fourth-order valence-electron chi connectivity index (χ4n) is 2.17. The lowest BCUT2D eigenvalue weighted by molar-refractivity contribution is 0.322. The van der Waals surface area contributed by atoms with Gasteiger partial charge in [0.15, 0.2) is 11.6 Å². The van der Waals surface area contributed by atoms with Gasteiger partial charge in [-0.1, -0.05) is 32.6 Å². The molecule has 0 radical (unpaired) electrons. The number of nitrogen functional groups attached to an aromatic ring is 1. The molecule has 1 unspecified atom stereocenters. The molecule has 1 aromatic carbocycles. The number of unbranched alkanes of at least 4 members (excludes halogenated alkanes) is 3. The number of nitrogens with two attached hydrogens (primary N) is 1. The fourth-order valence-corrected chi connectivity index (χ4v) is 2.17. The molecular formula is C16H27FN2O. The van der Waals surface area contributed by atoms with Gasteiger partial charge in [-0.15, -0.1) is 0 Å². The maximum atomic E-state index is 13.6. The molecule has 3 N–H and O–H groups in total. The number of hydrogen-bond acceptors (Lipinski definition) is 3. The Hall–Kier alpha value is -1.45. The van der Waals surface area contributed by atoms with E-state index in [9.17, 15) is 4.39 Å². The minimum atomic E-state index is -0.412. The second-order valence-corrected chi connectivity index (χ2v) is 5.20. The van der Waals surface area contributed by atoms with Gasteiger partial charge in [-0.2, -0.15) is 0 Å². The van der Waals surface area contributed by atoms with Crippen LogP contribution < -0.4 is 15.8 Å². The van der Waals surface area contributed by atoms with Crippen LogP contribution in [-0.4, -0.2) is 12.6 Å². The van der Waals surface area contributed by atoms with Crippen LogP contribution in [0.3, 0.4) is 0 Å². The van der Waals surface area contributed by atoms with Crippen molar-refractivity contribution in [3.63, 3.8) is 0 Å². The predicted octanol–water partition coefficient (Wildman–Crippen LogP) is 4.58. The minimum absolute atomic E-state index is 0.252. The van der Waals surface area contributed by atoms with Gasteiger partial charge < -0.3 is 15.8 Å². The Labute approximate surface area is 121 Å². The molecule has 3 nitrogen and oxygen atoms in total. The van der Waals surface area contributed by atoms with Crippen LogP contribution in [0.4, 0.5) is 15.8 Å². The summed E-state index contributed by atoms with van der Waals surface area (Å²) in [5.74, 6) is -0.159. The van der Waals surface area contributed by atoms with E-state index in [1.165, 1.54) is 31.7 Å². The first-order valence-corrected chi connectivity index (χ1v) is 7.56. The van der Waals surface area contributed by atoms with Crippen LogP contribution in [0.5, 0.6) is 5.75 Å². The van der Waals surface area contributed by atoms with Crippen molar-refractivity contribution in [3.05, 3.63) is 17.9 Å². The average molecular weight is 282 g/mol. The zero-order valence-corrected chi connectivity index (χ0v) is 12.8. The van der Waals surface area contributed by atoms with E-state index in [4.69, 9.17) is 10.5 Å². The Morgan fingerprint density at radius 2 is 2.00 bits per heavy atom. The SMILES string of the molecule is CCCCCCC(C)Nc1cc(OCC)c(F)cc1N. The number of ether oxygens (including phenoxy) is 1. The summed E-state index contributed by atoms with van der Waals surface area (Å²) in [6.07, 6.45) is 6.05. The molecule has 0 amide bonds. The van der Waals surface area contributed by atoms with Gasteiger partial charge in [-0.05, 0) is 20.3 Å². The number of anilines is 2. The highest BCUT2D eigenvalue weighted by Gasteiger charge is 2.11. The molecule has 4 heteroatoms. The van der Waals surface area contributed by atoms with E-state index in [2.05, 4.69) is 19.2 Å². The van der Waals surface area contributed by atoms with Gasteiger partial charge in [0.1, 0.15) is 0 Å². The van der Waals surface area contributed by atoms with Crippen LogP contribution in [0.15, 0.2) is 12.1 Å². The second kappa shape index (κ2) is 8.67. The molecule has 0 heterocycles. The number of nitrogens with one attached hydrogen (secondary N) is 1. The molecule has 1 atom stereocenters. The molecular weight excluding hydrogens is 255 g/mol. The zero-order valence-electron chi connectivity index (χ0n) is 12.8. The minimum Gasteiger partial charge on any atom is -0.491 e. The summed E-state index contributed by atoms with van der Waals surface area (Å²) in [5.41, 5.74) is 7.02. The molecule has 0 spiro atoms. The van der Waals surface area contributed by atoms with Crippen molar-refractivity contribution in [2.45, 2.75) is 58.9 Å². The number of rotatable bonds is 9. The van der Waals surface area contributed by atoms with Gasteiger partial charge in [-0.25, -0.2) is 4.39 Å². The summed E-state index contributed by atoms with van der Waals surface area (Å²) in [7, 11) is 0. The summed E-state index contributed by atoms with van der Waals surface area (Å²) in [6, 6.07) is 3.28. The number of benzene rings is 1. The van der Waals surface area contributed by atoms with Gasteiger partial charge in [0, 0.05) is 18.2 Å². The number of hydrogen-bond donors (Lipinski definition) is 2. The third-order valence-electron chi connectivity index (χ3n) is 3.30. The molecule has 0 aromatic heterocycles. The topological polar surface area (TPSA) is 47.3 Å². The summed E-state index contributed by atoms with van der Waals surface area (Å²) in [4.78, 5) is 0. The molecule has 1 rings (SSSR count). The van der Waals surface area contributed by atoms with Crippen LogP contribution in [0, 0.1) is 5.82 Å². The fraction of sp³-hybridized carbons (Fsp3) is 0.625. The average Bonchev–Trinajstić information content (AvgIpc) is 2.40. The zero-order chi connectivity index (χ0) is 15.0. The third kappa shape index (κ3) is 5.27. The summed E-state index contributed by atoms with van der Waals surface area (Å²) in [5, 5.41) is 3.34. The van der Waals surface area contributed by atoms with E-state index >= 15 is 0 Å².